The summed E-state index contributed by atoms with van der Waals surface area (Å²) in [5, 5.41) is 7.37. The molecule has 5 rings (SSSR count). The molecule has 2 fully saturated rings. The molecule has 1 saturated heterocycles. The largest absolute Gasteiger partial charge is 0.350 e. The molecular formula is C23H26FN5O4S. The second-order valence-corrected chi connectivity index (χ2v) is 11.1. The molecule has 1 aliphatic heterocycles. The van der Waals surface area contributed by atoms with Crippen LogP contribution in [0.2, 0.25) is 0 Å². The van der Waals surface area contributed by atoms with E-state index in [9.17, 15) is 22.4 Å². The van der Waals surface area contributed by atoms with E-state index in [1.807, 2.05) is 0 Å². The highest BCUT2D eigenvalue weighted by Gasteiger charge is 2.28. The molecule has 34 heavy (non-hydrogen) atoms. The number of carbonyl (C=O) groups excluding carboxylic acids is 1. The van der Waals surface area contributed by atoms with Gasteiger partial charge in [-0.1, -0.05) is 0 Å². The van der Waals surface area contributed by atoms with Crippen LogP contribution < -0.4 is 11.0 Å². The first-order valence-corrected chi connectivity index (χ1v) is 13.1. The van der Waals surface area contributed by atoms with E-state index in [1.54, 1.807) is 31.3 Å². The molecule has 11 heteroatoms. The summed E-state index contributed by atoms with van der Waals surface area (Å²) in [6.45, 7) is 2.32. The molecule has 1 aliphatic carbocycles. The summed E-state index contributed by atoms with van der Waals surface area (Å²) in [7, 11) is -3.26. The van der Waals surface area contributed by atoms with Crippen LogP contribution in [0, 0.1) is 12.7 Å². The molecule has 0 radical (unpaired) electrons. The zero-order valence-corrected chi connectivity index (χ0v) is 19.8. The van der Waals surface area contributed by atoms with E-state index in [1.165, 1.54) is 25.7 Å². The van der Waals surface area contributed by atoms with Crippen LogP contribution in [-0.2, 0) is 10.0 Å². The first-order chi connectivity index (χ1) is 16.1. The van der Waals surface area contributed by atoms with Crippen molar-refractivity contribution in [1.29, 1.82) is 0 Å². The number of nitrogens with zero attached hydrogens (tertiary/aromatic N) is 4. The van der Waals surface area contributed by atoms with Gasteiger partial charge in [-0.3, -0.25) is 9.20 Å². The van der Waals surface area contributed by atoms with Crippen molar-refractivity contribution in [2.24, 2.45) is 0 Å². The Labute approximate surface area is 196 Å². The molecule has 0 atom stereocenters. The number of amides is 1. The normalized spacial score (nSPS) is 17.9. The highest BCUT2D eigenvalue weighted by atomic mass is 32.2. The average molecular weight is 488 g/mol. The van der Waals surface area contributed by atoms with Crippen molar-refractivity contribution in [3.8, 4) is 11.1 Å². The number of benzene rings is 1. The van der Waals surface area contributed by atoms with Crippen molar-refractivity contribution in [1.82, 2.24) is 23.8 Å². The number of hydrogen-bond donors (Lipinski definition) is 1. The predicted octanol–water partition coefficient (Wildman–Crippen LogP) is 2.10. The van der Waals surface area contributed by atoms with Crippen molar-refractivity contribution < 1.29 is 17.6 Å². The standard InChI is InChI=1S/C23H26FN5O4S/c1-14-19(11-16(12-20(14)24)22(30)25-17-3-4-17)15-5-10-28-21(13-15)26-29(23(28)31)18-6-8-27(9-7-18)34(2,32)33/h5,10-13,17-18H,3-4,6-9H2,1-2H3,(H,25,30). The van der Waals surface area contributed by atoms with Gasteiger partial charge in [0.1, 0.15) is 5.82 Å². The van der Waals surface area contributed by atoms with E-state index in [2.05, 4.69) is 10.4 Å². The molecule has 1 amide bonds. The first kappa shape index (κ1) is 22.7. The van der Waals surface area contributed by atoms with Gasteiger partial charge in [-0.05, 0) is 73.6 Å². The van der Waals surface area contributed by atoms with Gasteiger partial charge in [0.25, 0.3) is 5.91 Å². The molecule has 2 aliphatic rings. The number of piperidine rings is 1. The smallest absolute Gasteiger partial charge is 0.349 e. The zero-order chi connectivity index (χ0) is 24.2. The fourth-order valence-electron chi connectivity index (χ4n) is 4.42. The van der Waals surface area contributed by atoms with E-state index in [-0.39, 0.29) is 29.2 Å². The predicted molar refractivity (Wildman–Crippen MR) is 125 cm³/mol. The minimum atomic E-state index is -3.26. The van der Waals surface area contributed by atoms with Crippen molar-refractivity contribution in [2.75, 3.05) is 19.3 Å². The molecule has 2 aromatic heterocycles. The third-order valence-corrected chi connectivity index (χ3v) is 7.92. The number of rotatable bonds is 5. The maximum Gasteiger partial charge on any atom is 0.350 e. The fraction of sp³-hybridized carbons (Fsp3) is 0.435. The third-order valence-electron chi connectivity index (χ3n) is 6.62. The monoisotopic (exact) mass is 487 g/mol. The first-order valence-electron chi connectivity index (χ1n) is 11.3. The molecular weight excluding hydrogens is 461 g/mol. The third kappa shape index (κ3) is 4.25. The summed E-state index contributed by atoms with van der Waals surface area (Å²) in [6, 6.07) is 6.28. The van der Waals surface area contributed by atoms with Crippen LogP contribution in [-0.4, -0.2) is 58.2 Å². The molecule has 9 nitrogen and oxygen atoms in total. The second kappa shape index (κ2) is 8.31. The Kier molecular flexibility index (Phi) is 5.56. The molecule has 1 aromatic carbocycles. The molecule has 1 saturated carbocycles. The van der Waals surface area contributed by atoms with Gasteiger partial charge in [0.05, 0.1) is 12.3 Å². The lowest BCUT2D eigenvalue weighted by atomic mass is 9.98. The molecule has 1 N–H and O–H groups in total. The number of pyridine rings is 1. The summed E-state index contributed by atoms with van der Waals surface area (Å²) >= 11 is 0. The van der Waals surface area contributed by atoms with Gasteiger partial charge in [-0.25, -0.2) is 26.6 Å². The Morgan fingerprint density at radius 1 is 1.15 bits per heavy atom. The molecule has 0 unspecified atom stereocenters. The second-order valence-electron chi connectivity index (χ2n) is 9.14. The van der Waals surface area contributed by atoms with Gasteiger partial charge in [-0.2, -0.15) is 0 Å². The van der Waals surface area contributed by atoms with E-state index in [0.717, 1.165) is 12.8 Å². The number of carbonyl (C=O) groups is 1. The Bertz CT molecular complexity index is 1450. The zero-order valence-electron chi connectivity index (χ0n) is 19.0. The van der Waals surface area contributed by atoms with Gasteiger partial charge < -0.3 is 5.32 Å². The van der Waals surface area contributed by atoms with E-state index in [4.69, 9.17) is 0 Å². The summed E-state index contributed by atoms with van der Waals surface area (Å²) in [6.07, 6.45) is 5.64. The number of hydrogen-bond acceptors (Lipinski definition) is 5. The van der Waals surface area contributed by atoms with Crippen molar-refractivity contribution in [3.05, 3.63) is 57.9 Å². The molecule has 3 heterocycles. The highest BCUT2D eigenvalue weighted by Crippen LogP contribution is 2.29. The fourth-order valence-corrected chi connectivity index (χ4v) is 5.29. The van der Waals surface area contributed by atoms with Crippen LogP contribution in [0.1, 0.15) is 47.6 Å². The highest BCUT2D eigenvalue weighted by molar-refractivity contribution is 7.88. The average Bonchev–Trinajstić information content (AvgIpc) is 3.56. The summed E-state index contributed by atoms with van der Waals surface area (Å²) in [5.41, 5.74) is 1.97. The number of halogens is 1. The number of nitrogens with one attached hydrogen (secondary N) is 1. The van der Waals surface area contributed by atoms with Crippen LogP contribution in [0.15, 0.2) is 35.3 Å². The Morgan fingerprint density at radius 2 is 1.85 bits per heavy atom. The molecule has 0 spiro atoms. The Morgan fingerprint density at radius 3 is 2.50 bits per heavy atom. The summed E-state index contributed by atoms with van der Waals surface area (Å²) in [4.78, 5) is 25.4. The van der Waals surface area contributed by atoms with Gasteiger partial charge >= 0.3 is 5.69 Å². The lowest BCUT2D eigenvalue weighted by molar-refractivity contribution is 0.0950. The molecule has 180 valence electrons. The van der Waals surface area contributed by atoms with E-state index >= 15 is 0 Å². The Balaban J connectivity index is 1.47. The van der Waals surface area contributed by atoms with Gasteiger partial charge in [0.2, 0.25) is 10.0 Å². The number of aromatic nitrogens is 3. The molecule has 0 bridgehead atoms. The minimum Gasteiger partial charge on any atom is -0.349 e. The van der Waals surface area contributed by atoms with Crippen LogP contribution in [0.5, 0.6) is 0 Å². The van der Waals surface area contributed by atoms with Gasteiger partial charge in [0.15, 0.2) is 5.65 Å². The van der Waals surface area contributed by atoms with Crippen molar-refractivity contribution >= 4 is 21.6 Å². The maximum absolute atomic E-state index is 14.7. The SMILES string of the molecule is Cc1c(F)cc(C(=O)NC2CC2)cc1-c1ccn2c(=O)n(C3CCN(S(C)(=O)=O)CC3)nc2c1. The molecule has 3 aromatic rings. The van der Waals surface area contributed by atoms with Crippen molar-refractivity contribution in [2.45, 2.75) is 44.7 Å². The van der Waals surface area contributed by atoms with Crippen LogP contribution >= 0.6 is 0 Å². The van der Waals surface area contributed by atoms with Gasteiger partial charge in [0, 0.05) is 30.9 Å². The summed E-state index contributed by atoms with van der Waals surface area (Å²) < 4.78 is 42.5. The number of sulfonamides is 1. The minimum absolute atomic E-state index is 0.164. The van der Waals surface area contributed by atoms with Crippen LogP contribution in [0.4, 0.5) is 4.39 Å². The number of fused-ring (bicyclic) bond motifs is 1. The summed E-state index contributed by atoms with van der Waals surface area (Å²) in [5.74, 6) is -0.775. The van der Waals surface area contributed by atoms with E-state index in [0.29, 0.717) is 48.3 Å². The lowest BCUT2D eigenvalue weighted by Gasteiger charge is -2.29. The van der Waals surface area contributed by atoms with Crippen LogP contribution in [0.25, 0.3) is 16.8 Å². The van der Waals surface area contributed by atoms with E-state index < -0.39 is 15.8 Å². The quantitative estimate of drug-likeness (QED) is 0.593. The van der Waals surface area contributed by atoms with Crippen LogP contribution in [0.3, 0.4) is 0 Å². The topological polar surface area (TPSA) is 106 Å². The van der Waals surface area contributed by atoms with Crippen molar-refractivity contribution in [3.63, 3.8) is 0 Å². The van der Waals surface area contributed by atoms with Gasteiger partial charge in [-0.15, -0.1) is 5.10 Å². The Hall–Kier alpha value is -3.05. The maximum atomic E-state index is 14.7. The lowest BCUT2D eigenvalue weighted by Crippen LogP contribution is -2.40.